The van der Waals surface area contributed by atoms with Crippen LogP contribution in [-0.2, 0) is 4.79 Å². The fraction of sp³-hybridized carbons (Fsp3) is 0.125. The van der Waals surface area contributed by atoms with Crippen LogP contribution in [0.3, 0.4) is 0 Å². The maximum Gasteiger partial charge on any atom is 0.281 e. The Bertz CT molecular complexity index is 286. The van der Waals surface area contributed by atoms with Crippen LogP contribution in [0.4, 0.5) is 0 Å². The number of nitrogens with one attached hydrogen (secondary N) is 1. The summed E-state index contributed by atoms with van der Waals surface area (Å²) in [6, 6.07) is 6.56. The van der Waals surface area contributed by atoms with Crippen molar-refractivity contribution in [3.05, 3.63) is 29.3 Å². The van der Waals surface area contributed by atoms with Crippen LogP contribution in [0.5, 0.6) is 5.75 Å². The molecule has 0 saturated carbocycles. The lowest BCUT2D eigenvalue weighted by Crippen LogP contribution is -2.25. The van der Waals surface area contributed by atoms with E-state index in [0.717, 1.165) is 0 Å². The van der Waals surface area contributed by atoms with Gasteiger partial charge in [0.25, 0.3) is 5.91 Å². The highest BCUT2D eigenvalue weighted by atomic mass is 35.5. The van der Waals surface area contributed by atoms with Gasteiger partial charge in [0.05, 0.1) is 0 Å². The van der Waals surface area contributed by atoms with E-state index >= 15 is 0 Å². The predicted molar refractivity (Wildman–Crippen MR) is 46.9 cm³/mol. The summed E-state index contributed by atoms with van der Waals surface area (Å²) in [5, 5.41) is 8.75. The average Bonchev–Trinajstić information content (AvgIpc) is 2.16. The van der Waals surface area contributed by atoms with Crippen LogP contribution in [0.15, 0.2) is 24.3 Å². The van der Waals surface area contributed by atoms with Gasteiger partial charge in [0.1, 0.15) is 5.75 Å². The van der Waals surface area contributed by atoms with Gasteiger partial charge in [-0.3, -0.25) is 10.0 Å². The van der Waals surface area contributed by atoms with Crippen LogP contribution in [0.2, 0.25) is 5.02 Å². The number of halogens is 1. The van der Waals surface area contributed by atoms with Crippen molar-refractivity contribution in [3.63, 3.8) is 0 Å². The normalized spacial score (nSPS) is 9.38. The predicted octanol–water partition coefficient (Wildman–Crippen LogP) is 1.22. The summed E-state index contributed by atoms with van der Waals surface area (Å²) >= 11 is 5.63. The molecule has 1 rings (SSSR count). The van der Waals surface area contributed by atoms with Crippen molar-refractivity contribution in [1.29, 1.82) is 0 Å². The third-order valence-electron chi connectivity index (χ3n) is 1.31. The van der Waals surface area contributed by atoms with Gasteiger partial charge in [0, 0.05) is 5.02 Å². The number of rotatable bonds is 3. The number of amides is 1. The second-order valence-electron chi connectivity index (χ2n) is 2.28. The largest absolute Gasteiger partial charge is 0.484 e. The van der Waals surface area contributed by atoms with E-state index in [0.29, 0.717) is 10.8 Å². The molecule has 0 heterocycles. The van der Waals surface area contributed by atoms with Crippen LogP contribution in [0, 0.1) is 0 Å². The summed E-state index contributed by atoms with van der Waals surface area (Å²) < 4.78 is 4.98. The molecule has 70 valence electrons. The Morgan fingerprint density at radius 2 is 2.08 bits per heavy atom. The zero-order valence-electron chi connectivity index (χ0n) is 6.66. The molecule has 13 heavy (non-hydrogen) atoms. The van der Waals surface area contributed by atoms with Crippen LogP contribution >= 0.6 is 11.6 Å². The standard InChI is InChI=1S/C8H8ClNO3/c9-6-1-3-7(4-2-6)13-5-8(11)10-12/h1-4,12H,5H2,(H,10,11). The number of hydrogen-bond acceptors (Lipinski definition) is 3. The Balaban J connectivity index is 2.46. The van der Waals surface area contributed by atoms with Gasteiger partial charge in [-0.2, -0.15) is 0 Å². The van der Waals surface area contributed by atoms with E-state index in [1.165, 1.54) is 5.48 Å². The number of carbonyl (C=O) groups excluding carboxylic acids is 1. The van der Waals surface area contributed by atoms with E-state index in [2.05, 4.69) is 0 Å². The smallest absolute Gasteiger partial charge is 0.281 e. The highest BCUT2D eigenvalue weighted by Crippen LogP contribution is 2.14. The minimum Gasteiger partial charge on any atom is -0.484 e. The first-order valence-corrected chi connectivity index (χ1v) is 3.91. The Kier molecular flexibility index (Phi) is 3.54. The van der Waals surface area contributed by atoms with E-state index in [1.807, 2.05) is 0 Å². The first-order chi connectivity index (χ1) is 6.22. The molecule has 0 aliphatic rings. The van der Waals surface area contributed by atoms with Gasteiger partial charge in [-0.1, -0.05) is 11.6 Å². The number of ether oxygens (including phenoxy) is 1. The van der Waals surface area contributed by atoms with Crippen molar-refractivity contribution in [1.82, 2.24) is 5.48 Å². The second kappa shape index (κ2) is 4.69. The molecule has 0 aliphatic carbocycles. The van der Waals surface area contributed by atoms with Gasteiger partial charge in [0.2, 0.25) is 0 Å². The molecule has 0 fully saturated rings. The van der Waals surface area contributed by atoms with E-state index in [-0.39, 0.29) is 6.61 Å². The van der Waals surface area contributed by atoms with Crippen LogP contribution in [0.25, 0.3) is 0 Å². The zero-order chi connectivity index (χ0) is 9.68. The molecule has 0 bridgehead atoms. The molecule has 0 saturated heterocycles. The van der Waals surface area contributed by atoms with Crippen LogP contribution in [0.1, 0.15) is 0 Å². The van der Waals surface area contributed by atoms with Crippen LogP contribution in [-0.4, -0.2) is 17.7 Å². The van der Waals surface area contributed by atoms with Crippen molar-refractivity contribution in [2.75, 3.05) is 6.61 Å². The summed E-state index contributed by atoms with van der Waals surface area (Å²) in [6.45, 7) is -0.224. The van der Waals surface area contributed by atoms with Crippen molar-refractivity contribution >= 4 is 17.5 Å². The molecule has 0 aliphatic heterocycles. The van der Waals surface area contributed by atoms with Gasteiger partial charge in [-0.25, -0.2) is 5.48 Å². The zero-order valence-corrected chi connectivity index (χ0v) is 7.41. The number of benzene rings is 1. The van der Waals surface area contributed by atoms with Crippen molar-refractivity contribution in [2.24, 2.45) is 0 Å². The molecule has 1 amide bonds. The van der Waals surface area contributed by atoms with E-state index < -0.39 is 5.91 Å². The van der Waals surface area contributed by atoms with Crippen molar-refractivity contribution in [3.8, 4) is 5.75 Å². The Morgan fingerprint density at radius 3 is 2.62 bits per heavy atom. The third-order valence-corrected chi connectivity index (χ3v) is 1.56. The van der Waals surface area contributed by atoms with Crippen molar-refractivity contribution in [2.45, 2.75) is 0 Å². The molecule has 0 spiro atoms. The number of carbonyl (C=O) groups is 1. The lowest BCUT2D eigenvalue weighted by atomic mass is 10.3. The summed E-state index contributed by atoms with van der Waals surface area (Å²) in [5.74, 6) is -0.0806. The molecule has 0 atom stereocenters. The molecular formula is C8H8ClNO3. The first-order valence-electron chi connectivity index (χ1n) is 3.53. The molecule has 0 unspecified atom stereocenters. The van der Waals surface area contributed by atoms with Crippen molar-refractivity contribution < 1.29 is 14.7 Å². The summed E-state index contributed by atoms with van der Waals surface area (Å²) in [5.41, 5.74) is 1.46. The molecule has 1 aromatic rings. The first kappa shape index (κ1) is 9.83. The van der Waals surface area contributed by atoms with E-state index in [9.17, 15) is 4.79 Å². The molecule has 4 nitrogen and oxygen atoms in total. The third kappa shape index (κ3) is 3.31. The molecule has 0 aromatic heterocycles. The molecule has 5 heteroatoms. The van der Waals surface area contributed by atoms with Gasteiger partial charge in [-0.15, -0.1) is 0 Å². The molecular weight excluding hydrogens is 194 g/mol. The quantitative estimate of drug-likeness (QED) is 0.571. The van der Waals surface area contributed by atoms with E-state index in [1.54, 1.807) is 24.3 Å². The molecule has 1 aromatic carbocycles. The topological polar surface area (TPSA) is 58.6 Å². The van der Waals surface area contributed by atoms with Gasteiger partial charge in [0.15, 0.2) is 6.61 Å². The number of hydrogen-bond donors (Lipinski definition) is 2. The highest BCUT2D eigenvalue weighted by Gasteiger charge is 1.99. The van der Waals surface area contributed by atoms with Gasteiger partial charge < -0.3 is 4.74 Å². The Hall–Kier alpha value is -1.26. The monoisotopic (exact) mass is 201 g/mol. The van der Waals surface area contributed by atoms with Gasteiger partial charge >= 0.3 is 0 Å². The van der Waals surface area contributed by atoms with Gasteiger partial charge in [-0.05, 0) is 24.3 Å². The van der Waals surface area contributed by atoms with Crippen LogP contribution < -0.4 is 10.2 Å². The lowest BCUT2D eigenvalue weighted by Gasteiger charge is -2.03. The summed E-state index contributed by atoms with van der Waals surface area (Å²) in [7, 11) is 0. The maximum atomic E-state index is 10.5. The highest BCUT2D eigenvalue weighted by molar-refractivity contribution is 6.30. The second-order valence-corrected chi connectivity index (χ2v) is 2.71. The lowest BCUT2D eigenvalue weighted by molar-refractivity contribution is -0.131. The SMILES string of the molecule is O=C(COc1ccc(Cl)cc1)NO. The maximum absolute atomic E-state index is 10.5. The Morgan fingerprint density at radius 1 is 1.46 bits per heavy atom. The average molecular weight is 202 g/mol. The molecule has 2 N–H and O–H groups in total. The summed E-state index contributed by atoms with van der Waals surface area (Å²) in [4.78, 5) is 10.5. The Labute approximate surface area is 80.0 Å². The van der Waals surface area contributed by atoms with E-state index in [4.69, 9.17) is 21.5 Å². The fourth-order valence-electron chi connectivity index (χ4n) is 0.712. The summed E-state index contributed by atoms with van der Waals surface area (Å²) in [6.07, 6.45) is 0. The molecule has 0 radical (unpaired) electrons. The fourth-order valence-corrected chi connectivity index (χ4v) is 0.838. The minimum atomic E-state index is -0.602. The number of hydroxylamine groups is 1. The minimum absolute atomic E-state index is 0.224.